The molecule has 0 aromatic carbocycles. The van der Waals surface area contributed by atoms with Gasteiger partial charge in [-0.25, -0.2) is 0 Å². The zero-order chi connectivity index (χ0) is 10.5. The molecule has 15 heavy (non-hydrogen) atoms. The van der Waals surface area contributed by atoms with Gasteiger partial charge in [-0.1, -0.05) is 0 Å². The van der Waals surface area contributed by atoms with Crippen molar-refractivity contribution in [3.05, 3.63) is 28.2 Å². The number of pyridine rings is 1. The lowest BCUT2D eigenvalue weighted by atomic mass is 10.2. The van der Waals surface area contributed by atoms with Crippen molar-refractivity contribution in [1.82, 2.24) is 10.3 Å². The average Bonchev–Trinajstić information content (AvgIpc) is 2.99. The summed E-state index contributed by atoms with van der Waals surface area (Å²) in [6.45, 7) is 2.91. The van der Waals surface area contributed by atoms with Crippen molar-refractivity contribution in [3.8, 4) is 5.75 Å². The number of hydrogen-bond acceptors (Lipinski definition) is 3. The summed E-state index contributed by atoms with van der Waals surface area (Å²) in [7, 11) is 0. The molecule has 0 bridgehead atoms. The summed E-state index contributed by atoms with van der Waals surface area (Å²) < 4.78 is 5.95. The van der Waals surface area contributed by atoms with E-state index in [4.69, 9.17) is 4.74 Å². The number of H-pyrrole nitrogens is 1. The first-order chi connectivity index (χ1) is 7.19. The van der Waals surface area contributed by atoms with Crippen molar-refractivity contribution in [2.24, 2.45) is 0 Å². The van der Waals surface area contributed by atoms with Crippen LogP contribution in [0.1, 0.15) is 31.5 Å². The van der Waals surface area contributed by atoms with Gasteiger partial charge in [-0.3, -0.25) is 4.79 Å². The fourth-order valence-electron chi connectivity index (χ4n) is 2.02. The van der Waals surface area contributed by atoms with Crippen LogP contribution in [0.2, 0.25) is 0 Å². The third-order valence-corrected chi connectivity index (χ3v) is 3.21. The molecule has 1 atom stereocenters. The van der Waals surface area contributed by atoms with E-state index in [1.807, 2.05) is 6.92 Å². The van der Waals surface area contributed by atoms with Crippen LogP contribution in [0.15, 0.2) is 16.9 Å². The summed E-state index contributed by atoms with van der Waals surface area (Å²) >= 11 is 0. The van der Waals surface area contributed by atoms with Gasteiger partial charge < -0.3 is 15.0 Å². The van der Waals surface area contributed by atoms with Gasteiger partial charge in [0.1, 0.15) is 11.4 Å². The van der Waals surface area contributed by atoms with E-state index in [0.29, 0.717) is 0 Å². The smallest absolute Gasteiger partial charge is 0.248 e. The van der Waals surface area contributed by atoms with Crippen LogP contribution < -0.4 is 15.6 Å². The predicted octanol–water partition coefficient (Wildman–Crippen LogP) is 0.950. The Morgan fingerprint density at radius 2 is 2.27 bits per heavy atom. The molecule has 3 rings (SSSR count). The van der Waals surface area contributed by atoms with Crippen LogP contribution >= 0.6 is 0 Å². The van der Waals surface area contributed by atoms with Gasteiger partial charge in [0, 0.05) is 18.7 Å². The van der Waals surface area contributed by atoms with E-state index in [9.17, 15) is 4.79 Å². The molecule has 0 unspecified atom stereocenters. The van der Waals surface area contributed by atoms with Gasteiger partial charge in [0.25, 0.3) is 0 Å². The number of fused-ring (bicyclic) bond motifs is 1. The van der Waals surface area contributed by atoms with Gasteiger partial charge in [0.15, 0.2) is 0 Å². The minimum atomic E-state index is -0.0715. The van der Waals surface area contributed by atoms with Gasteiger partial charge in [0.2, 0.25) is 5.56 Å². The van der Waals surface area contributed by atoms with Gasteiger partial charge in [0.05, 0.1) is 5.69 Å². The van der Waals surface area contributed by atoms with E-state index in [-0.39, 0.29) is 17.2 Å². The zero-order valence-corrected chi connectivity index (χ0v) is 8.67. The minimum Gasteiger partial charge on any atom is -0.484 e. The molecule has 1 saturated carbocycles. The highest BCUT2D eigenvalue weighted by molar-refractivity contribution is 5.32. The third kappa shape index (κ3) is 1.45. The molecule has 4 heteroatoms. The summed E-state index contributed by atoms with van der Waals surface area (Å²) in [6, 6.07) is 3.44. The number of hydrogen-bond donors (Lipinski definition) is 2. The monoisotopic (exact) mass is 206 g/mol. The molecule has 1 aromatic heterocycles. The molecule has 0 radical (unpaired) electrons. The highest BCUT2D eigenvalue weighted by atomic mass is 16.5. The highest BCUT2D eigenvalue weighted by Crippen LogP contribution is 2.43. The lowest BCUT2D eigenvalue weighted by molar-refractivity contribution is 0.182. The molecule has 1 aliphatic heterocycles. The van der Waals surface area contributed by atoms with E-state index in [2.05, 4.69) is 10.3 Å². The van der Waals surface area contributed by atoms with Crippen LogP contribution in [0.4, 0.5) is 0 Å². The summed E-state index contributed by atoms with van der Waals surface area (Å²) in [5.74, 6) is 0.824. The first kappa shape index (κ1) is 8.97. The van der Waals surface area contributed by atoms with E-state index in [1.165, 1.54) is 6.07 Å². The van der Waals surface area contributed by atoms with Gasteiger partial charge in [-0.05, 0) is 25.8 Å². The van der Waals surface area contributed by atoms with Crippen LogP contribution in [-0.2, 0) is 0 Å². The van der Waals surface area contributed by atoms with Crippen LogP contribution in [0.3, 0.4) is 0 Å². The van der Waals surface area contributed by atoms with Crippen molar-refractivity contribution in [3.63, 3.8) is 0 Å². The van der Waals surface area contributed by atoms with Crippen molar-refractivity contribution in [1.29, 1.82) is 0 Å². The molecule has 1 fully saturated rings. The summed E-state index contributed by atoms with van der Waals surface area (Å²) in [4.78, 5) is 14.1. The first-order valence-electron chi connectivity index (χ1n) is 5.34. The summed E-state index contributed by atoms with van der Waals surface area (Å²) in [6.07, 6.45) is 2.20. The third-order valence-electron chi connectivity index (χ3n) is 3.21. The molecular weight excluding hydrogens is 192 g/mol. The quantitative estimate of drug-likeness (QED) is 0.664. The largest absolute Gasteiger partial charge is 0.484 e. The van der Waals surface area contributed by atoms with Crippen molar-refractivity contribution in [2.45, 2.75) is 31.4 Å². The Labute approximate surface area is 87.7 Å². The standard InChI is InChI=1S/C11H14N2O2/c1-7-10-8(2-3-9(14)13-10)15-11(4-5-11)6-12-7/h2-3,7,12H,4-6H2,1H3,(H,13,14)/t7-/m1/s1. The highest BCUT2D eigenvalue weighted by Gasteiger charge is 2.47. The van der Waals surface area contributed by atoms with E-state index >= 15 is 0 Å². The SMILES string of the molecule is C[C@H]1NCC2(CC2)Oc2ccc(=O)[nH]c21. The molecule has 2 N–H and O–H groups in total. The molecule has 0 amide bonds. The van der Waals surface area contributed by atoms with Crippen molar-refractivity contribution >= 4 is 0 Å². The first-order valence-corrected chi connectivity index (χ1v) is 5.34. The minimum absolute atomic E-state index is 0.00223. The van der Waals surface area contributed by atoms with Gasteiger partial charge in [-0.15, -0.1) is 0 Å². The lowest BCUT2D eigenvalue weighted by Crippen LogP contribution is -2.31. The Morgan fingerprint density at radius 3 is 3.00 bits per heavy atom. The second kappa shape index (κ2) is 2.85. The van der Waals surface area contributed by atoms with Crippen LogP contribution in [-0.4, -0.2) is 17.1 Å². The fraction of sp³-hybridized carbons (Fsp3) is 0.545. The second-order valence-corrected chi connectivity index (χ2v) is 4.49. The van der Waals surface area contributed by atoms with Crippen LogP contribution in [0, 0.1) is 0 Å². The number of nitrogens with one attached hydrogen (secondary N) is 2. The number of aromatic amines is 1. The Bertz CT molecular complexity index is 448. The summed E-state index contributed by atoms with van der Waals surface area (Å²) in [5, 5.41) is 3.39. The lowest BCUT2D eigenvalue weighted by Gasteiger charge is -2.14. The molecule has 2 aliphatic rings. The Kier molecular flexibility index (Phi) is 1.71. The van der Waals surface area contributed by atoms with Crippen LogP contribution in [0.5, 0.6) is 5.75 Å². The Balaban J connectivity index is 2.08. The van der Waals surface area contributed by atoms with Crippen molar-refractivity contribution in [2.75, 3.05) is 6.54 Å². The zero-order valence-electron chi connectivity index (χ0n) is 8.67. The normalized spacial score (nSPS) is 26.6. The Hall–Kier alpha value is -1.29. The van der Waals surface area contributed by atoms with Gasteiger partial charge >= 0.3 is 0 Å². The number of aromatic nitrogens is 1. The second-order valence-electron chi connectivity index (χ2n) is 4.49. The molecular formula is C11H14N2O2. The molecule has 1 spiro atoms. The Morgan fingerprint density at radius 1 is 1.47 bits per heavy atom. The van der Waals surface area contributed by atoms with E-state index in [1.54, 1.807) is 6.07 Å². The molecule has 80 valence electrons. The molecule has 2 heterocycles. The molecule has 4 nitrogen and oxygen atoms in total. The maximum absolute atomic E-state index is 11.2. The van der Waals surface area contributed by atoms with Gasteiger partial charge in [-0.2, -0.15) is 0 Å². The predicted molar refractivity (Wildman–Crippen MR) is 56.1 cm³/mol. The topological polar surface area (TPSA) is 54.1 Å². The van der Waals surface area contributed by atoms with Crippen LogP contribution in [0.25, 0.3) is 0 Å². The van der Waals surface area contributed by atoms with E-state index < -0.39 is 0 Å². The summed E-state index contributed by atoms with van der Waals surface area (Å²) in [5.41, 5.74) is 0.793. The fourth-order valence-corrected chi connectivity index (χ4v) is 2.02. The molecule has 0 saturated heterocycles. The number of ether oxygens (including phenoxy) is 1. The molecule has 1 aromatic rings. The van der Waals surface area contributed by atoms with Crippen molar-refractivity contribution < 1.29 is 4.74 Å². The average molecular weight is 206 g/mol. The maximum atomic E-state index is 11.2. The maximum Gasteiger partial charge on any atom is 0.248 e. The van der Waals surface area contributed by atoms with E-state index in [0.717, 1.165) is 30.8 Å². The molecule has 1 aliphatic carbocycles. The number of rotatable bonds is 0.